The number of aliphatic hydroxyl groups excluding tert-OH is 1. The van der Waals surface area contributed by atoms with Gasteiger partial charge >= 0.3 is 0 Å². The van der Waals surface area contributed by atoms with E-state index in [2.05, 4.69) is 22.5 Å². The standard InChI is InChI=1S/C19H33N3O3.HI/c1-3-20-19(22-14-16(23)18-10-7-13-25-18)21-12-11-17(24-4-2)15-8-5-6-9-15;/h7,10,13,15-17,23H,3-6,8-9,11-12,14H2,1-2H3,(H2,20,21,22);1H. The maximum atomic E-state index is 10.1. The largest absolute Gasteiger partial charge is 0.467 e. The summed E-state index contributed by atoms with van der Waals surface area (Å²) in [6.07, 6.45) is 7.37. The first-order chi connectivity index (χ1) is 12.2. The fourth-order valence-electron chi connectivity index (χ4n) is 3.42. The lowest BCUT2D eigenvalue weighted by Gasteiger charge is -2.24. The molecule has 3 N–H and O–H groups in total. The van der Waals surface area contributed by atoms with Gasteiger partial charge in [-0.25, -0.2) is 0 Å². The van der Waals surface area contributed by atoms with Gasteiger partial charge in [-0.05, 0) is 51.2 Å². The van der Waals surface area contributed by atoms with Crippen molar-refractivity contribution in [2.75, 3.05) is 26.2 Å². The lowest BCUT2D eigenvalue weighted by Crippen LogP contribution is -2.39. The lowest BCUT2D eigenvalue weighted by atomic mass is 9.98. The third-order valence-corrected chi connectivity index (χ3v) is 4.67. The van der Waals surface area contributed by atoms with Gasteiger partial charge in [0.15, 0.2) is 5.96 Å². The predicted molar refractivity (Wildman–Crippen MR) is 115 cm³/mol. The molecule has 26 heavy (non-hydrogen) atoms. The van der Waals surface area contributed by atoms with Crippen LogP contribution in [0.4, 0.5) is 0 Å². The van der Waals surface area contributed by atoms with Crippen molar-refractivity contribution >= 4 is 29.9 Å². The zero-order chi connectivity index (χ0) is 17.9. The number of halogens is 1. The van der Waals surface area contributed by atoms with Crippen LogP contribution >= 0.6 is 24.0 Å². The molecule has 0 bridgehead atoms. The van der Waals surface area contributed by atoms with Crippen molar-refractivity contribution in [2.24, 2.45) is 10.9 Å². The van der Waals surface area contributed by atoms with Gasteiger partial charge < -0.3 is 24.9 Å². The molecular weight excluding hydrogens is 445 g/mol. The van der Waals surface area contributed by atoms with Crippen molar-refractivity contribution in [1.82, 2.24) is 10.6 Å². The van der Waals surface area contributed by atoms with Gasteiger partial charge in [0, 0.05) is 19.7 Å². The highest BCUT2D eigenvalue weighted by Crippen LogP contribution is 2.30. The normalized spacial score (nSPS) is 17.6. The summed E-state index contributed by atoms with van der Waals surface area (Å²) in [6.45, 7) is 6.72. The van der Waals surface area contributed by atoms with Crippen LogP contribution in [0.3, 0.4) is 0 Å². The topological polar surface area (TPSA) is 79.0 Å². The molecule has 6 nitrogen and oxygen atoms in total. The van der Waals surface area contributed by atoms with Gasteiger partial charge in [-0.15, -0.1) is 24.0 Å². The Hall–Kier alpha value is -0.800. The van der Waals surface area contributed by atoms with Gasteiger partial charge in [0.25, 0.3) is 0 Å². The number of guanidine groups is 1. The zero-order valence-electron chi connectivity index (χ0n) is 15.9. The van der Waals surface area contributed by atoms with Gasteiger partial charge in [0.1, 0.15) is 11.9 Å². The molecule has 1 aliphatic rings. The third-order valence-electron chi connectivity index (χ3n) is 4.67. The van der Waals surface area contributed by atoms with E-state index < -0.39 is 6.10 Å². The molecule has 2 unspecified atom stereocenters. The number of furan rings is 1. The molecule has 1 heterocycles. The van der Waals surface area contributed by atoms with E-state index in [1.165, 1.54) is 25.7 Å². The highest BCUT2D eigenvalue weighted by atomic mass is 127. The van der Waals surface area contributed by atoms with E-state index in [1.54, 1.807) is 18.4 Å². The molecule has 0 spiro atoms. The van der Waals surface area contributed by atoms with Crippen LogP contribution in [0.2, 0.25) is 0 Å². The molecule has 0 aliphatic heterocycles. The Morgan fingerprint density at radius 3 is 2.73 bits per heavy atom. The first-order valence-corrected chi connectivity index (χ1v) is 9.59. The molecule has 1 aliphatic carbocycles. The number of rotatable bonds is 10. The van der Waals surface area contributed by atoms with E-state index in [0.717, 1.165) is 32.1 Å². The maximum Gasteiger partial charge on any atom is 0.191 e. The van der Waals surface area contributed by atoms with Gasteiger partial charge in [0.2, 0.25) is 0 Å². The van der Waals surface area contributed by atoms with Gasteiger partial charge in [-0.1, -0.05) is 12.8 Å². The van der Waals surface area contributed by atoms with E-state index in [-0.39, 0.29) is 30.5 Å². The van der Waals surface area contributed by atoms with Crippen LogP contribution in [0, 0.1) is 5.92 Å². The van der Waals surface area contributed by atoms with Gasteiger partial charge in [-0.2, -0.15) is 0 Å². The molecule has 0 aromatic carbocycles. The number of nitrogens with one attached hydrogen (secondary N) is 2. The van der Waals surface area contributed by atoms with Gasteiger partial charge in [0.05, 0.1) is 18.9 Å². The van der Waals surface area contributed by atoms with E-state index in [9.17, 15) is 5.11 Å². The van der Waals surface area contributed by atoms with Gasteiger partial charge in [-0.3, -0.25) is 4.99 Å². The van der Waals surface area contributed by atoms with Crippen molar-refractivity contribution in [3.05, 3.63) is 24.2 Å². The fraction of sp³-hybridized carbons (Fsp3) is 0.737. The number of hydrogen-bond acceptors (Lipinski definition) is 4. The molecule has 1 aromatic rings. The average Bonchev–Trinajstić information content (AvgIpc) is 3.32. The summed E-state index contributed by atoms with van der Waals surface area (Å²) in [4.78, 5) is 4.45. The van der Waals surface area contributed by atoms with Crippen LogP contribution in [0.5, 0.6) is 0 Å². The van der Waals surface area contributed by atoms with E-state index in [1.807, 2.05) is 6.92 Å². The van der Waals surface area contributed by atoms with E-state index in [0.29, 0.717) is 17.8 Å². The summed E-state index contributed by atoms with van der Waals surface area (Å²) in [7, 11) is 0. The van der Waals surface area contributed by atoms with Crippen LogP contribution in [-0.4, -0.2) is 43.4 Å². The van der Waals surface area contributed by atoms with Crippen LogP contribution < -0.4 is 10.6 Å². The zero-order valence-corrected chi connectivity index (χ0v) is 18.3. The smallest absolute Gasteiger partial charge is 0.191 e. The van der Waals surface area contributed by atoms with Crippen LogP contribution in [0.15, 0.2) is 27.8 Å². The third kappa shape index (κ3) is 7.84. The number of aliphatic hydroxyl groups is 1. The Morgan fingerprint density at radius 2 is 2.12 bits per heavy atom. The highest BCUT2D eigenvalue weighted by molar-refractivity contribution is 14.0. The molecule has 2 atom stereocenters. The second-order valence-corrected chi connectivity index (χ2v) is 6.50. The van der Waals surface area contributed by atoms with Crippen molar-refractivity contribution < 1.29 is 14.3 Å². The average molecular weight is 479 g/mol. The Bertz CT molecular complexity index is 490. The monoisotopic (exact) mass is 479 g/mol. The molecule has 0 saturated heterocycles. The minimum absolute atomic E-state index is 0. The quantitative estimate of drug-likeness (QED) is 0.272. The minimum Gasteiger partial charge on any atom is -0.467 e. The Labute approximate surface area is 174 Å². The van der Waals surface area contributed by atoms with Crippen LogP contribution in [0.1, 0.15) is 57.8 Å². The Morgan fingerprint density at radius 1 is 1.35 bits per heavy atom. The summed E-state index contributed by atoms with van der Waals surface area (Å²) in [5, 5.41) is 16.6. The van der Waals surface area contributed by atoms with Crippen molar-refractivity contribution in [3.8, 4) is 0 Å². The molecule has 2 rings (SSSR count). The number of ether oxygens (including phenoxy) is 1. The van der Waals surface area contributed by atoms with Crippen molar-refractivity contribution in [2.45, 2.75) is 58.2 Å². The molecule has 7 heteroatoms. The molecule has 150 valence electrons. The summed E-state index contributed by atoms with van der Waals surface area (Å²) >= 11 is 0. The first kappa shape index (κ1) is 23.2. The number of hydrogen-bond donors (Lipinski definition) is 3. The maximum absolute atomic E-state index is 10.1. The summed E-state index contributed by atoms with van der Waals surface area (Å²) in [5.74, 6) is 1.95. The molecule has 0 radical (unpaired) electrons. The Kier molecular flexibility index (Phi) is 12.0. The Balaban J connectivity index is 0.00000338. The molecule has 0 amide bonds. The molecular formula is C19H34IN3O3. The van der Waals surface area contributed by atoms with Crippen molar-refractivity contribution in [3.63, 3.8) is 0 Å². The predicted octanol–water partition coefficient (Wildman–Crippen LogP) is 3.47. The first-order valence-electron chi connectivity index (χ1n) is 9.59. The molecule has 1 fully saturated rings. The number of aliphatic imine (C=N–C) groups is 1. The van der Waals surface area contributed by atoms with E-state index >= 15 is 0 Å². The second-order valence-electron chi connectivity index (χ2n) is 6.50. The van der Waals surface area contributed by atoms with Crippen molar-refractivity contribution in [1.29, 1.82) is 0 Å². The summed E-state index contributed by atoms with van der Waals surface area (Å²) in [6, 6.07) is 3.53. The summed E-state index contributed by atoms with van der Waals surface area (Å²) in [5.41, 5.74) is 0. The molecule has 1 aromatic heterocycles. The minimum atomic E-state index is -0.722. The van der Waals surface area contributed by atoms with Crippen LogP contribution in [-0.2, 0) is 4.74 Å². The van der Waals surface area contributed by atoms with Crippen LogP contribution in [0.25, 0.3) is 0 Å². The summed E-state index contributed by atoms with van der Waals surface area (Å²) < 4.78 is 11.2. The number of nitrogens with zero attached hydrogens (tertiary/aromatic N) is 1. The molecule has 1 saturated carbocycles. The highest BCUT2D eigenvalue weighted by Gasteiger charge is 2.25. The lowest BCUT2D eigenvalue weighted by molar-refractivity contribution is 0.0169. The SMILES string of the molecule is CCNC(=NCC(O)c1ccco1)NCCC(OCC)C1CCCC1.I. The van der Waals surface area contributed by atoms with E-state index in [4.69, 9.17) is 9.15 Å². The fourth-order valence-corrected chi connectivity index (χ4v) is 3.42. The second kappa shape index (κ2) is 13.4.